The summed E-state index contributed by atoms with van der Waals surface area (Å²) in [6.45, 7) is 7.66. The molecule has 1 aromatic carbocycles. The zero-order chi connectivity index (χ0) is 14.4. The van der Waals surface area contributed by atoms with Gasteiger partial charge in [-0.25, -0.2) is 0 Å². The van der Waals surface area contributed by atoms with Gasteiger partial charge in [0.1, 0.15) is 0 Å². The van der Waals surface area contributed by atoms with Crippen LogP contribution < -0.4 is 5.32 Å². The SMILES string of the molecule is CCN(CC)CC(=O)Nc1ccc([N+](=O)[O-])cc1C. The van der Waals surface area contributed by atoms with Gasteiger partial charge in [-0.1, -0.05) is 13.8 Å². The number of benzene rings is 1. The lowest BCUT2D eigenvalue weighted by molar-refractivity contribution is -0.384. The van der Waals surface area contributed by atoms with Crippen LogP contribution in [0.1, 0.15) is 19.4 Å². The van der Waals surface area contributed by atoms with Crippen LogP contribution >= 0.6 is 0 Å². The highest BCUT2D eigenvalue weighted by atomic mass is 16.6. The molecular formula is C13H19N3O3. The number of nitrogens with one attached hydrogen (secondary N) is 1. The highest BCUT2D eigenvalue weighted by Gasteiger charge is 2.11. The molecule has 0 aromatic heterocycles. The first-order chi connectivity index (χ1) is 8.97. The minimum atomic E-state index is -0.450. The van der Waals surface area contributed by atoms with Crippen molar-refractivity contribution in [3.63, 3.8) is 0 Å². The van der Waals surface area contributed by atoms with Crippen molar-refractivity contribution in [2.24, 2.45) is 0 Å². The number of nitrogens with zero attached hydrogens (tertiary/aromatic N) is 2. The Kier molecular flexibility index (Phi) is 5.44. The van der Waals surface area contributed by atoms with Crippen molar-refractivity contribution in [2.45, 2.75) is 20.8 Å². The normalized spacial score (nSPS) is 10.5. The standard InChI is InChI=1S/C13H19N3O3/c1-4-15(5-2)9-13(17)14-12-7-6-11(16(18)19)8-10(12)3/h6-8H,4-5,9H2,1-3H3,(H,14,17). The average Bonchev–Trinajstić information content (AvgIpc) is 2.38. The van der Waals surface area contributed by atoms with Crippen molar-refractivity contribution >= 4 is 17.3 Å². The summed E-state index contributed by atoms with van der Waals surface area (Å²) < 4.78 is 0. The third-order valence-corrected chi connectivity index (χ3v) is 2.96. The van der Waals surface area contributed by atoms with Crippen molar-refractivity contribution in [3.05, 3.63) is 33.9 Å². The highest BCUT2D eigenvalue weighted by Crippen LogP contribution is 2.21. The van der Waals surface area contributed by atoms with E-state index in [-0.39, 0.29) is 11.6 Å². The van der Waals surface area contributed by atoms with Gasteiger partial charge in [0.05, 0.1) is 11.5 Å². The Labute approximate surface area is 112 Å². The summed E-state index contributed by atoms with van der Waals surface area (Å²) in [5, 5.41) is 13.4. The molecule has 0 aliphatic carbocycles. The van der Waals surface area contributed by atoms with Crippen LogP contribution in [0.25, 0.3) is 0 Å². The van der Waals surface area contributed by atoms with E-state index < -0.39 is 4.92 Å². The molecule has 104 valence electrons. The summed E-state index contributed by atoms with van der Waals surface area (Å²) in [4.78, 5) is 24.0. The molecule has 0 saturated heterocycles. The lowest BCUT2D eigenvalue weighted by atomic mass is 10.2. The van der Waals surface area contributed by atoms with Crippen LogP contribution in [0, 0.1) is 17.0 Å². The number of likely N-dealkylation sites (N-methyl/N-ethyl adjacent to an activating group) is 1. The predicted octanol–water partition coefficient (Wildman–Crippen LogP) is 2.18. The van der Waals surface area contributed by atoms with Gasteiger partial charge >= 0.3 is 0 Å². The number of anilines is 1. The molecule has 19 heavy (non-hydrogen) atoms. The van der Waals surface area contributed by atoms with Crippen molar-refractivity contribution in [1.82, 2.24) is 4.90 Å². The van der Waals surface area contributed by atoms with Gasteiger partial charge in [0.25, 0.3) is 5.69 Å². The monoisotopic (exact) mass is 265 g/mol. The lowest BCUT2D eigenvalue weighted by Gasteiger charge is -2.17. The number of nitro groups is 1. The van der Waals surface area contributed by atoms with E-state index in [0.29, 0.717) is 17.8 Å². The molecule has 1 rings (SSSR count). The van der Waals surface area contributed by atoms with E-state index in [0.717, 1.165) is 13.1 Å². The van der Waals surface area contributed by atoms with E-state index in [1.807, 2.05) is 18.7 Å². The van der Waals surface area contributed by atoms with Gasteiger partial charge in [0, 0.05) is 17.8 Å². The topological polar surface area (TPSA) is 75.5 Å². The zero-order valence-electron chi connectivity index (χ0n) is 11.5. The first-order valence-electron chi connectivity index (χ1n) is 6.25. The second-order valence-electron chi connectivity index (χ2n) is 4.27. The molecule has 1 aromatic rings. The second-order valence-corrected chi connectivity index (χ2v) is 4.27. The van der Waals surface area contributed by atoms with Gasteiger partial charge in [-0.2, -0.15) is 0 Å². The third kappa shape index (κ3) is 4.33. The zero-order valence-corrected chi connectivity index (χ0v) is 11.5. The molecule has 6 heteroatoms. The van der Waals surface area contributed by atoms with Crippen LogP contribution in [0.3, 0.4) is 0 Å². The van der Waals surface area contributed by atoms with Crippen LogP contribution in [0.2, 0.25) is 0 Å². The quantitative estimate of drug-likeness (QED) is 0.632. The van der Waals surface area contributed by atoms with Gasteiger partial charge in [-0.3, -0.25) is 19.8 Å². The van der Waals surface area contributed by atoms with Gasteiger partial charge < -0.3 is 5.32 Å². The Bertz CT molecular complexity index is 470. The number of non-ortho nitro benzene ring substituents is 1. The first-order valence-corrected chi connectivity index (χ1v) is 6.25. The van der Waals surface area contributed by atoms with E-state index in [9.17, 15) is 14.9 Å². The maximum absolute atomic E-state index is 11.8. The summed E-state index contributed by atoms with van der Waals surface area (Å²) in [6, 6.07) is 4.40. The fraction of sp³-hybridized carbons (Fsp3) is 0.462. The molecule has 1 N–H and O–H groups in total. The Morgan fingerprint density at radius 3 is 2.47 bits per heavy atom. The molecule has 0 bridgehead atoms. The van der Waals surface area contributed by atoms with Crippen molar-refractivity contribution in [3.8, 4) is 0 Å². The molecule has 0 atom stereocenters. The van der Waals surface area contributed by atoms with Crippen LogP contribution in [-0.2, 0) is 4.79 Å². The molecule has 0 heterocycles. The maximum Gasteiger partial charge on any atom is 0.269 e. The molecule has 0 aliphatic rings. The molecule has 1 amide bonds. The van der Waals surface area contributed by atoms with Crippen LogP contribution in [-0.4, -0.2) is 35.4 Å². The lowest BCUT2D eigenvalue weighted by Crippen LogP contribution is -2.33. The summed E-state index contributed by atoms with van der Waals surface area (Å²) >= 11 is 0. The number of carbonyl (C=O) groups excluding carboxylic acids is 1. The fourth-order valence-corrected chi connectivity index (χ4v) is 1.74. The third-order valence-electron chi connectivity index (χ3n) is 2.96. The van der Waals surface area contributed by atoms with Gasteiger partial charge in [-0.15, -0.1) is 0 Å². The van der Waals surface area contributed by atoms with E-state index in [2.05, 4.69) is 5.32 Å². The predicted molar refractivity (Wildman–Crippen MR) is 74.3 cm³/mol. The smallest absolute Gasteiger partial charge is 0.269 e. The van der Waals surface area contributed by atoms with Gasteiger partial charge in [-0.05, 0) is 31.6 Å². The summed E-state index contributed by atoms with van der Waals surface area (Å²) in [7, 11) is 0. The summed E-state index contributed by atoms with van der Waals surface area (Å²) in [5.74, 6) is -0.111. The van der Waals surface area contributed by atoms with Crippen molar-refractivity contribution < 1.29 is 9.72 Å². The molecule has 0 radical (unpaired) electrons. The molecular weight excluding hydrogens is 246 g/mol. The Morgan fingerprint density at radius 2 is 2.00 bits per heavy atom. The van der Waals surface area contributed by atoms with E-state index in [4.69, 9.17) is 0 Å². The van der Waals surface area contributed by atoms with E-state index in [1.54, 1.807) is 13.0 Å². The molecule has 0 fully saturated rings. The second kappa shape index (κ2) is 6.84. The van der Waals surface area contributed by atoms with Crippen LogP contribution in [0.4, 0.5) is 11.4 Å². The average molecular weight is 265 g/mol. The number of carbonyl (C=O) groups is 1. The summed E-state index contributed by atoms with van der Waals surface area (Å²) in [5.41, 5.74) is 1.32. The minimum absolute atomic E-state index is 0.0271. The number of nitro benzene ring substituents is 1. The Morgan fingerprint density at radius 1 is 1.37 bits per heavy atom. The fourth-order valence-electron chi connectivity index (χ4n) is 1.74. The first kappa shape index (κ1) is 15.1. The van der Waals surface area contributed by atoms with Crippen molar-refractivity contribution in [1.29, 1.82) is 0 Å². The molecule has 6 nitrogen and oxygen atoms in total. The van der Waals surface area contributed by atoms with E-state index in [1.165, 1.54) is 12.1 Å². The number of rotatable bonds is 6. The molecule has 0 unspecified atom stereocenters. The minimum Gasteiger partial charge on any atom is -0.325 e. The van der Waals surface area contributed by atoms with Gasteiger partial charge in [0.15, 0.2) is 0 Å². The Balaban J connectivity index is 2.72. The largest absolute Gasteiger partial charge is 0.325 e. The maximum atomic E-state index is 11.8. The number of hydrogen-bond acceptors (Lipinski definition) is 4. The van der Waals surface area contributed by atoms with Crippen molar-refractivity contribution in [2.75, 3.05) is 25.0 Å². The number of amides is 1. The van der Waals surface area contributed by atoms with E-state index >= 15 is 0 Å². The number of aryl methyl sites for hydroxylation is 1. The summed E-state index contributed by atoms with van der Waals surface area (Å²) in [6.07, 6.45) is 0. The number of hydrogen-bond donors (Lipinski definition) is 1. The van der Waals surface area contributed by atoms with Crippen LogP contribution in [0.5, 0.6) is 0 Å². The Hall–Kier alpha value is -1.95. The molecule has 0 saturated carbocycles. The highest BCUT2D eigenvalue weighted by molar-refractivity contribution is 5.93. The molecule has 0 aliphatic heterocycles. The molecule has 0 spiro atoms. The van der Waals surface area contributed by atoms with Crippen LogP contribution in [0.15, 0.2) is 18.2 Å². The van der Waals surface area contributed by atoms with Gasteiger partial charge in [0.2, 0.25) is 5.91 Å².